The molecule has 1 aromatic carbocycles. The molecule has 1 aromatic heterocycles. The molecular weight excluding hydrogens is 328 g/mol. The molecule has 1 heterocycles. The zero-order valence-electron chi connectivity index (χ0n) is 10.3. The Morgan fingerprint density at radius 3 is 2.89 bits per heavy atom. The van der Waals surface area contributed by atoms with Crippen LogP contribution in [0.15, 0.2) is 34.1 Å². The summed E-state index contributed by atoms with van der Waals surface area (Å²) in [5.41, 5.74) is 7.36. The van der Waals surface area contributed by atoms with Crippen LogP contribution in [0.2, 0.25) is 0 Å². The predicted molar refractivity (Wildman–Crippen MR) is 81.5 cm³/mol. The van der Waals surface area contributed by atoms with Gasteiger partial charge in [0.05, 0.1) is 19.2 Å². The molecule has 0 saturated heterocycles. The maximum Gasteiger partial charge on any atom is 0.340 e. The van der Waals surface area contributed by atoms with Crippen molar-refractivity contribution in [2.24, 2.45) is 0 Å². The molecule has 0 unspecified atom stereocenters. The van der Waals surface area contributed by atoms with Crippen LogP contribution in [-0.4, -0.2) is 13.1 Å². The predicted octanol–water partition coefficient (Wildman–Crippen LogP) is 3.49. The first-order chi connectivity index (χ1) is 9.11. The standard InChI is InChI=1S/C13H13BrN2O2S/c1-18-13(17)9-6-8(2-3-11(9)15)16-7-12-10(14)4-5-19-12/h2-6,16H,7,15H2,1H3. The zero-order valence-corrected chi connectivity index (χ0v) is 12.7. The highest BCUT2D eigenvalue weighted by molar-refractivity contribution is 9.10. The van der Waals surface area contributed by atoms with Crippen molar-refractivity contribution < 1.29 is 9.53 Å². The molecule has 0 aliphatic heterocycles. The maximum absolute atomic E-state index is 11.5. The van der Waals surface area contributed by atoms with Gasteiger partial charge >= 0.3 is 5.97 Å². The number of hydrogen-bond donors (Lipinski definition) is 2. The Bertz CT molecular complexity index is 598. The normalized spacial score (nSPS) is 10.2. The average molecular weight is 341 g/mol. The number of nitrogen functional groups attached to an aromatic ring is 1. The van der Waals surface area contributed by atoms with Gasteiger partial charge in [0.2, 0.25) is 0 Å². The molecule has 2 aromatic rings. The van der Waals surface area contributed by atoms with Crippen molar-refractivity contribution in [2.45, 2.75) is 6.54 Å². The first-order valence-corrected chi connectivity index (χ1v) is 7.22. The molecule has 2 rings (SSSR count). The van der Waals surface area contributed by atoms with Gasteiger partial charge in [0.1, 0.15) is 0 Å². The molecule has 3 N–H and O–H groups in total. The third-order valence-corrected chi connectivity index (χ3v) is 4.53. The molecule has 0 radical (unpaired) electrons. The largest absolute Gasteiger partial charge is 0.465 e. The van der Waals surface area contributed by atoms with Crippen molar-refractivity contribution in [3.8, 4) is 0 Å². The summed E-state index contributed by atoms with van der Waals surface area (Å²) in [5, 5.41) is 5.27. The molecule has 0 fully saturated rings. The topological polar surface area (TPSA) is 64.3 Å². The molecule has 0 bridgehead atoms. The first kappa shape index (κ1) is 13.9. The Hall–Kier alpha value is -1.53. The summed E-state index contributed by atoms with van der Waals surface area (Å²) in [6.07, 6.45) is 0. The Labute approximate surface area is 123 Å². The summed E-state index contributed by atoms with van der Waals surface area (Å²) in [6.45, 7) is 0.683. The molecule has 0 aliphatic rings. The summed E-state index contributed by atoms with van der Waals surface area (Å²) >= 11 is 5.14. The summed E-state index contributed by atoms with van der Waals surface area (Å²) in [6, 6.07) is 7.23. The second-order valence-corrected chi connectivity index (χ2v) is 5.69. The Morgan fingerprint density at radius 2 is 2.26 bits per heavy atom. The van der Waals surface area contributed by atoms with E-state index in [9.17, 15) is 4.79 Å². The number of hydrogen-bond acceptors (Lipinski definition) is 5. The Balaban J connectivity index is 2.13. The van der Waals surface area contributed by atoms with Gasteiger partial charge in [0.15, 0.2) is 0 Å². The number of carbonyl (C=O) groups is 1. The number of halogens is 1. The first-order valence-electron chi connectivity index (χ1n) is 5.55. The lowest BCUT2D eigenvalue weighted by Gasteiger charge is -2.09. The van der Waals surface area contributed by atoms with Crippen LogP contribution in [0.1, 0.15) is 15.2 Å². The maximum atomic E-state index is 11.5. The van der Waals surface area contributed by atoms with E-state index in [1.807, 2.05) is 17.5 Å². The fourth-order valence-corrected chi connectivity index (χ4v) is 3.02. The van der Waals surface area contributed by atoms with Crippen molar-refractivity contribution in [3.63, 3.8) is 0 Å². The van der Waals surface area contributed by atoms with Crippen molar-refractivity contribution in [1.29, 1.82) is 0 Å². The minimum atomic E-state index is -0.432. The highest BCUT2D eigenvalue weighted by Crippen LogP contribution is 2.24. The van der Waals surface area contributed by atoms with E-state index in [-0.39, 0.29) is 0 Å². The highest BCUT2D eigenvalue weighted by atomic mass is 79.9. The van der Waals surface area contributed by atoms with Gasteiger partial charge in [-0.25, -0.2) is 4.79 Å². The van der Waals surface area contributed by atoms with E-state index in [0.29, 0.717) is 17.8 Å². The van der Waals surface area contributed by atoms with Crippen LogP contribution < -0.4 is 11.1 Å². The van der Waals surface area contributed by atoms with Crippen LogP contribution in [0.3, 0.4) is 0 Å². The van der Waals surface area contributed by atoms with Gasteiger partial charge in [-0.05, 0) is 45.6 Å². The minimum absolute atomic E-state index is 0.373. The van der Waals surface area contributed by atoms with Gasteiger partial charge in [-0.2, -0.15) is 0 Å². The third kappa shape index (κ3) is 3.27. The van der Waals surface area contributed by atoms with Gasteiger partial charge in [-0.15, -0.1) is 11.3 Å². The van der Waals surface area contributed by atoms with Crippen LogP contribution in [0.4, 0.5) is 11.4 Å². The van der Waals surface area contributed by atoms with Gasteiger partial charge in [-0.1, -0.05) is 0 Å². The van der Waals surface area contributed by atoms with Crippen LogP contribution in [0.5, 0.6) is 0 Å². The summed E-state index contributed by atoms with van der Waals surface area (Å²) in [5.74, 6) is -0.432. The number of carbonyl (C=O) groups excluding carboxylic acids is 1. The van der Waals surface area contributed by atoms with Gasteiger partial charge in [-0.3, -0.25) is 0 Å². The SMILES string of the molecule is COC(=O)c1cc(NCc2sccc2Br)ccc1N. The monoisotopic (exact) mass is 340 g/mol. The van der Waals surface area contributed by atoms with Gasteiger partial charge in [0, 0.05) is 20.7 Å². The molecule has 4 nitrogen and oxygen atoms in total. The molecule has 6 heteroatoms. The highest BCUT2D eigenvalue weighted by Gasteiger charge is 2.10. The number of anilines is 2. The summed E-state index contributed by atoms with van der Waals surface area (Å²) < 4.78 is 5.77. The number of rotatable bonds is 4. The third-order valence-electron chi connectivity index (χ3n) is 2.60. The Kier molecular flexibility index (Phi) is 4.44. The lowest BCUT2D eigenvalue weighted by molar-refractivity contribution is 0.0602. The van der Waals surface area contributed by atoms with E-state index in [4.69, 9.17) is 5.73 Å². The average Bonchev–Trinajstić information content (AvgIpc) is 2.82. The van der Waals surface area contributed by atoms with Crippen molar-refractivity contribution >= 4 is 44.6 Å². The number of nitrogens with two attached hydrogens (primary N) is 1. The molecule has 0 amide bonds. The van der Waals surface area contributed by atoms with Crippen LogP contribution in [0, 0.1) is 0 Å². The number of thiophene rings is 1. The quantitative estimate of drug-likeness (QED) is 0.660. The number of methoxy groups -OCH3 is 1. The molecule has 19 heavy (non-hydrogen) atoms. The van der Waals surface area contributed by atoms with Crippen molar-refractivity contribution in [2.75, 3.05) is 18.2 Å². The fraction of sp³-hybridized carbons (Fsp3) is 0.154. The van der Waals surface area contributed by atoms with E-state index in [1.165, 1.54) is 12.0 Å². The van der Waals surface area contributed by atoms with Crippen molar-refractivity contribution in [3.05, 3.63) is 44.6 Å². The lowest BCUT2D eigenvalue weighted by atomic mass is 10.1. The summed E-state index contributed by atoms with van der Waals surface area (Å²) in [4.78, 5) is 12.7. The van der Waals surface area contributed by atoms with Gasteiger partial charge in [0.25, 0.3) is 0 Å². The number of esters is 1. The van der Waals surface area contributed by atoms with E-state index in [1.54, 1.807) is 23.5 Å². The zero-order chi connectivity index (χ0) is 13.8. The number of ether oxygens (including phenoxy) is 1. The number of nitrogens with one attached hydrogen (secondary N) is 1. The minimum Gasteiger partial charge on any atom is -0.465 e. The number of benzene rings is 1. The van der Waals surface area contributed by atoms with Crippen LogP contribution >= 0.6 is 27.3 Å². The van der Waals surface area contributed by atoms with E-state index < -0.39 is 5.97 Å². The second kappa shape index (κ2) is 6.08. The lowest BCUT2D eigenvalue weighted by Crippen LogP contribution is -2.07. The van der Waals surface area contributed by atoms with Crippen LogP contribution in [-0.2, 0) is 11.3 Å². The molecule has 0 atom stereocenters. The van der Waals surface area contributed by atoms with E-state index in [0.717, 1.165) is 10.2 Å². The Morgan fingerprint density at radius 1 is 1.47 bits per heavy atom. The molecule has 0 aliphatic carbocycles. The molecule has 100 valence electrons. The molecule has 0 spiro atoms. The second-order valence-electron chi connectivity index (χ2n) is 3.84. The fourth-order valence-electron chi connectivity index (χ4n) is 1.59. The summed E-state index contributed by atoms with van der Waals surface area (Å²) in [7, 11) is 1.34. The van der Waals surface area contributed by atoms with Crippen molar-refractivity contribution in [1.82, 2.24) is 0 Å². The molecule has 0 saturated carbocycles. The van der Waals surface area contributed by atoms with Crippen LogP contribution in [0.25, 0.3) is 0 Å². The molecular formula is C13H13BrN2O2S. The van der Waals surface area contributed by atoms with Gasteiger partial charge < -0.3 is 15.8 Å². The van der Waals surface area contributed by atoms with E-state index in [2.05, 4.69) is 26.0 Å². The smallest absolute Gasteiger partial charge is 0.340 e. The van der Waals surface area contributed by atoms with E-state index >= 15 is 0 Å².